The van der Waals surface area contributed by atoms with Gasteiger partial charge in [-0.3, -0.25) is 43.8 Å². The molecule has 0 spiro atoms. The lowest BCUT2D eigenvalue weighted by Gasteiger charge is -2.22. The zero-order valence-corrected chi connectivity index (χ0v) is 47.9. The van der Waals surface area contributed by atoms with E-state index < -0.39 is 0 Å². The fraction of sp³-hybridized carbons (Fsp3) is 0.306. The molecule has 0 radical (unpaired) electrons. The van der Waals surface area contributed by atoms with Crippen LogP contribution in [0.3, 0.4) is 0 Å². The molecule has 5 heterocycles. The van der Waals surface area contributed by atoms with Crippen LogP contribution in [0.4, 0.5) is 11.4 Å². The summed E-state index contributed by atoms with van der Waals surface area (Å²) >= 11 is 32.9. The molecule has 5 aromatic heterocycles. The van der Waals surface area contributed by atoms with E-state index in [4.69, 9.17) is 82.9 Å². The van der Waals surface area contributed by atoms with E-state index in [1.807, 2.05) is 113 Å². The van der Waals surface area contributed by atoms with Gasteiger partial charge in [0, 0.05) is 72.1 Å². The Kier molecular flexibility index (Phi) is 25.2. The summed E-state index contributed by atoms with van der Waals surface area (Å²) < 4.78 is 12.1. The number of aromatic amines is 5. The quantitative estimate of drug-likeness (QED) is 0.0257. The van der Waals surface area contributed by atoms with E-state index in [2.05, 4.69) is 93.0 Å². The van der Waals surface area contributed by atoms with Gasteiger partial charge >= 0.3 is 0 Å². The summed E-state index contributed by atoms with van der Waals surface area (Å²) in [5.41, 5.74) is 6.17. The number of hydrogen-bond donors (Lipinski definition) is 7. The van der Waals surface area contributed by atoms with Gasteiger partial charge in [-0.25, -0.2) is 0 Å². The van der Waals surface area contributed by atoms with Crippen LogP contribution in [0.25, 0.3) is 22.7 Å². The predicted octanol–water partition coefficient (Wildman–Crippen LogP) is 11.4. The van der Waals surface area contributed by atoms with Crippen molar-refractivity contribution < 1.29 is 10.2 Å². The Hall–Kier alpha value is -6.16. The van der Waals surface area contributed by atoms with Crippen LogP contribution in [0.2, 0.25) is 5.02 Å². The van der Waals surface area contributed by atoms with Crippen LogP contribution in [0.5, 0.6) is 0 Å². The van der Waals surface area contributed by atoms with Gasteiger partial charge in [-0.15, -0.1) is 11.8 Å². The number of likely N-dealkylation sites (N-methyl/N-ethyl adjacent to an activating group) is 1. The molecule has 19 nitrogen and oxygen atoms in total. The summed E-state index contributed by atoms with van der Waals surface area (Å²) in [4.78, 5) is 5.40. The monoisotopic (exact) mass is 1150 g/mol. The first-order valence-electron chi connectivity index (χ1n) is 23.7. The molecule has 0 aliphatic heterocycles. The number of halogens is 1. The number of hydrogen-bond acceptors (Lipinski definition) is 15. The van der Waals surface area contributed by atoms with Crippen LogP contribution in [0.1, 0.15) is 51.8 Å². The van der Waals surface area contributed by atoms with Crippen molar-refractivity contribution in [2.45, 2.75) is 64.0 Å². The molecule has 0 aliphatic carbocycles. The summed E-state index contributed by atoms with van der Waals surface area (Å²) in [7, 11) is 4.02. The van der Waals surface area contributed by atoms with E-state index in [9.17, 15) is 0 Å². The van der Waals surface area contributed by atoms with E-state index in [-0.39, 0.29) is 13.2 Å². The summed E-state index contributed by atoms with van der Waals surface area (Å²) in [6.45, 7) is 6.73. The van der Waals surface area contributed by atoms with Crippen molar-refractivity contribution in [2.75, 3.05) is 49.8 Å². The first kappa shape index (κ1) is 59.7. The third-order valence-electron chi connectivity index (χ3n) is 11.0. The second-order valence-corrected chi connectivity index (χ2v) is 19.5. The van der Waals surface area contributed by atoms with Crippen molar-refractivity contribution in [2.24, 2.45) is 0 Å². The van der Waals surface area contributed by atoms with E-state index in [1.165, 1.54) is 30.6 Å². The number of H-pyrrole nitrogens is 5. The minimum atomic E-state index is -0.0535. The highest BCUT2D eigenvalue weighted by molar-refractivity contribution is 7.98. The lowest BCUT2D eigenvalue weighted by atomic mass is 10.1. The highest BCUT2D eigenvalue weighted by Crippen LogP contribution is 2.20. The van der Waals surface area contributed by atoms with Crippen LogP contribution in [0.15, 0.2) is 127 Å². The number of aliphatic hydroxyl groups excluding tert-OH is 2. The van der Waals surface area contributed by atoms with Gasteiger partial charge in [0.15, 0.2) is 29.7 Å². The van der Waals surface area contributed by atoms with Gasteiger partial charge in [0.1, 0.15) is 31.9 Å². The maximum Gasteiger partial charge on any atom is 0.199 e. The summed E-state index contributed by atoms with van der Waals surface area (Å²) in [5, 5.41) is 51.6. The molecule has 0 amide bonds. The summed E-state index contributed by atoms with van der Waals surface area (Å²) in [6.07, 6.45) is 14.8. The van der Waals surface area contributed by atoms with Gasteiger partial charge < -0.3 is 24.6 Å². The minimum absolute atomic E-state index is 0.0535. The lowest BCUT2D eigenvalue weighted by molar-refractivity contribution is 0.263. The number of aliphatic hydroxyl groups is 2. The molecule has 4 aromatic carbocycles. The molecule has 9 aromatic rings. The van der Waals surface area contributed by atoms with Crippen molar-refractivity contribution in [3.8, 4) is 22.7 Å². The Morgan fingerprint density at radius 1 is 0.573 bits per heavy atom. The Morgan fingerprint density at radius 3 is 1.44 bits per heavy atom. The van der Waals surface area contributed by atoms with Crippen LogP contribution < -0.4 is 9.80 Å². The summed E-state index contributed by atoms with van der Waals surface area (Å²) in [5.74, 6) is 0.635. The van der Waals surface area contributed by atoms with Crippen molar-refractivity contribution in [1.82, 2.24) is 73.8 Å². The van der Waals surface area contributed by atoms with E-state index in [0.717, 1.165) is 53.6 Å². The highest BCUT2D eigenvalue weighted by Gasteiger charge is 2.06. The maximum absolute atomic E-state index is 9.02. The minimum Gasteiger partial charge on any atom is -0.395 e. The Bertz CT molecular complexity index is 3350. The second kappa shape index (κ2) is 31.7. The zero-order chi connectivity index (χ0) is 54.1. The molecule has 7 N–H and O–H groups in total. The molecule has 0 bridgehead atoms. The average Bonchev–Trinajstić information content (AvgIpc) is 4.30. The van der Waals surface area contributed by atoms with Crippen LogP contribution in [0, 0.1) is 23.9 Å². The fourth-order valence-electron chi connectivity index (χ4n) is 7.00. The van der Waals surface area contributed by atoms with Crippen LogP contribution in [-0.4, -0.2) is 124 Å². The number of nitrogens with zero attached hydrogens (tertiary/aromatic N) is 12. The van der Waals surface area contributed by atoms with Crippen molar-refractivity contribution in [3.05, 3.63) is 157 Å². The molecule has 0 aliphatic rings. The van der Waals surface area contributed by atoms with Crippen molar-refractivity contribution in [3.63, 3.8) is 0 Å². The molecule has 75 heavy (non-hydrogen) atoms. The molecule has 9 rings (SSSR count). The number of benzene rings is 4. The number of rotatable bonds is 17. The number of thioether (sulfide) groups is 1. The van der Waals surface area contributed by atoms with Crippen molar-refractivity contribution in [1.29, 1.82) is 0 Å². The van der Waals surface area contributed by atoms with Crippen LogP contribution >= 0.6 is 84.5 Å². The number of anilines is 2. The third kappa shape index (κ3) is 18.3. The molecule has 398 valence electrons. The maximum atomic E-state index is 9.02. The molecule has 26 heteroatoms. The molecule has 0 unspecified atom stereocenters. The van der Waals surface area contributed by atoms with Gasteiger partial charge in [-0.05, 0) is 172 Å². The van der Waals surface area contributed by atoms with Gasteiger partial charge in [0.05, 0.1) is 12.3 Å². The van der Waals surface area contributed by atoms with Gasteiger partial charge in [0.25, 0.3) is 0 Å². The van der Waals surface area contributed by atoms with Gasteiger partial charge in [-0.1, -0.05) is 50.3 Å². The van der Waals surface area contributed by atoms with E-state index >= 15 is 0 Å². The number of nitrogens with one attached hydrogen (secondary N) is 5. The fourth-order valence-corrected chi connectivity index (χ4v) is 8.65. The van der Waals surface area contributed by atoms with Gasteiger partial charge in [-0.2, -0.15) is 25.5 Å². The zero-order valence-electron chi connectivity index (χ0n) is 42.2. The first-order valence-corrected chi connectivity index (χ1v) is 27.3. The highest BCUT2D eigenvalue weighted by atomic mass is 35.5. The molecular formula is C49H62ClN17O2S6. The number of aromatic nitrogens is 15. The SMILES string of the molecule is CCCCCCCn1c(CO)n[nH]c1=S.CCN(CCO)c1ccc(-n2cn[nH]c2=S)cc1.CN(C)c1ccc(-n2cn[nH]c2=S)cc1.CSc1ccc(-n2cn[nH]c2=S)cc1.S=c1[nH]ncn1-c1cccc(Cl)c1. The topological polar surface area (TPSA) is 215 Å². The first-order chi connectivity index (χ1) is 36.3. The average molecular weight is 1150 g/mol. The summed E-state index contributed by atoms with van der Waals surface area (Å²) in [6, 6.07) is 31.7. The van der Waals surface area contributed by atoms with Crippen LogP contribution in [-0.2, 0) is 13.2 Å². The normalized spacial score (nSPS) is 10.5. The predicted molar refractivity (Wildman–Crippen MR) is 313 cm³/mol. The Labute approximate surface area is 470 Å². The molecule has 0 fully saturated rings. The molecule has 0 atom stereocenters. The smallest absolute Gasteiger partial charge is 0.199 e. The largest absolute Gasteiger partial charge is 0.395 e. The second-order valence-electron chi connectivity index (χ2n) is 16.2. The Balaban J connectivity index is 0.000000174. The standard InChI is InChI=1S/C12H16N4OS.C10H12N4S.C10H19N3OS.C9H9N3S2.C8H6ClN3S/c1-2-15(7-8-17)10-3-5-11(6-4-10)16-9-13-14-12(16)18;1-13(2)8-3-5-9(6-4-8)14-7-11-12-10(14)15;1-2-3-4-5-6-7-13-9(8-14)11-12-10(13)15;1-14-8-4-2-7(3-5-8)12-6-10-11-9(12)13;9-6-2-1-3-7(4-6)12-5-10-11-8(12)13/h3-6,9,17H,2,7-8H2,1H3,(H,14,18);3-7H,1-2H3,(H,12,15);14H,2-8H2,1H3,(H,12,15);2-6H,1H3,(H,11,13);1-5H,(H,11,13). The van der Waals surface area contributed by atoms with E-state index in [0.29, 0.717) is 41.2 Å². The molecule has 0 saturated carbocycles. The molecule has 0 saturated heterocycles. The van der Waals surface area contributed by atoms with Crippen molar-refractivity contribution >= 4 is 95.8 Å². The third-order valence-corrected chi connectivity index (χ3v) is 13.4. The lowest BCUT2D eigenvalue weighted by Crippen LogP contribution is -2.25. The molecular weight excluding hydrogens is 1090 g/mol. The Morgan fingerprint density at radius 2 is 1.04 bits per heavy atom. The number of unbranched alkanes of at least 4 members (excludes halogenated alkanes) is 4. The van der Waals surface area contributed by atoms with E-state index in [1.54, 1.807) is 46.2 Å². The van der Waals surface area contributed by atoms with Gasteiger partial charge in [0.2, 0.25) is 0 Å².